The Morgan fingerprint density at radius 3 is 2.72 bits per heavy atom. The summed E-state index contributed by atoms with van der Waals surface area (Å²) in [6, 6.07) is -0.452. The number of amides is 1. The van der Waals surface area contributed by atoms with E-state index >= 15 is 0 Å². The number of likely N-dealkylation sites (N-methyl/N-ethyl adjacent to an activating group) is 1. The molecule has 0 aromatic heterocycles. The van der Waals surface area contributed by atoms with Crippen molar-refractivity contribution in [2.75, 3.05) is 26.7 Å². The highest BCUT2D eigenvalue weighted by molar-refractivity contribution is 5.80. The molecule has 5 nitrogen and oxygen atoms in total. The van der Waals surface area contributed by atoms with Crippen molar-refractivity contribution >= 4 is 11.9 Å². The first-order chi connectivity index (χ1) is 8.54. The highest BCUT2D eigenvalue weighted by atomic mass is 16.4. The number of hydrogen-bond donors (Lipinski definition) is 1. The summed E-state index contributed by atoms with van der Waals surface area (Å²) in [6.45, 7) is 3.60. The summed E-state index contributed by atoms with van der Waals surface area (Å²) in [6.07, 6.45) is 3.24. The number of carbonyl (C=O) groups is 2. The molecule has 1 N–H and O–H groups in total. The maximum atomic E-state index is 11.9. The van der Waals surface area contributed by atoms with E-state index in [1.165, 1.54) is 0 Å². The van der Waals surface area contributed by atoms with E-state index in [1.807, 2.05) is 11.8 Å². The van der Waals surface area contributed by atoms with Crippen molar-refractivity contribution in [2.45, 2.75) is 32.2 Å². The first-order valence-corrected chi connectivity index (χ1v) is 6.75. The van der Waals surface area contributed by atoms with Gasteiger partial charge in [-0.1, -0.05) is 6.42 Å². The third-order valence-corrected chi connectivity index (χ3v) is 4.48. The fourth-order valence-electron chi connectivity index (χ4n) is 3.37. The number of fused-ring (bicyclic) bond motifs is 1. The topological polar surface area (TPSA) is 60.9 Å². The maximum absolute atomic E-state index is 11.9. The van der Waals surface area contributed by atoms with Gasteiger partial charge in [0.1, 0.15) is 6.04 Å². The first-order valence-electron chi connectivity index (χ1n) is 6.75. The van der Waals surface area contributed by atoms with Crippen LogP contribution in [0.25, 0.3) is 0 Å². The van der Waals surface area contributed by atoms with E-state index in [0.29, 0.717) is 12.5 Å². The van der Waals surface area contributed by atoms with Crippen LogP contribution in [0.3, 0.4) is 0 Å². The minimum absolute atomic E-state index is 0.0173. The summed E-state index contributed by atoms with van der Waals surface area (Å²) < 4.78 is 0. The fraction of sp³-hybridized carbons (Fsp3) is 0.846. The molecule has 1 aliphatic carbocycles. The van der Waals surface area contributed by atoms with Gasteiger partial charge in [0.05, 0.1) is 6.54 Å². The molecule has 1 amide bonds. The van der Waals surface area contributed by atoms with Gasteiger partial charge in [-0.25, -0.2) is 0 Å². The SMILES string of the molecule is CCN(C)C(=O)CN1CC2CCCC2C1C(=O)O. The van der Waals surface area contributed by atoms with Crippen molar-refractivity contribution in [3.8, 4) is 0 Å². The van der Waals surface area contributed by atoms with Crippen LogP contribution in [0.5, 0.6) is 0 Å². The third kappa shape index (κ3) is 2.36. The van der Waals surface area contributed by atoms with Crippen LogP contribution in [0.15, 0.2) is 0 Å². The number of rotatable bonds is 4. The zero-order valence-corrected chi connectivity index (χ0v) is 11.1. The number of nitrogens with zero attached hydrogens (tertiary/aromatic N) is 2. The Morgan fingerprint density at radius 1 is 1.39 bits per heavy atom. The number of aliphatic carboxylic acids is 1. The van der Waals surface area contributed by atoms with Gasteiger partial charge >= 0.3 is 5.97 Å². The van der Waals surface area contributed by atoms with Crippen LogP contribution in [0.4, 0.5) is 0 Å². The van der Waals surface area contributed by atoms with Crippen LogP contribution in [0.1, 0.15) is 26.2 Å². The molecule has 102 valence electrons. The van der Waals surface area contributed by atoms with Crippen LogP contribution in [0.2, 0.25) is 0 Å². The molecule has 0 bridgehead atoms. The Bertz CT molecular complexity index is 345. The third-order valence-electron chi connectivity index (χ3n) is 4.48. The summed E-state index contributed by atoms with van der Waals surface area (Å²) in [5.41, 5.74) is 0. The van der Waals surface area contributed by atoms with Crippen LogP contribution < -0.4 is 0 Å². The van der Waals surface area contributed by atoms with Gasteiger partial charge in [-0.15, -0.1) is 0 Å². The molecule has 0 aromatic rings. The zero-order chi connectivity index (χ0) is 13.3. The van der Waals surface area contributed by atoms with Crippen molar-refractivity contribution in [2.24, 2.45) is 11.8 Å². The summed E-state index contributed by atoms with van der Waals surface area (Å²) in [7, 11) is 1.76. The predicted molar refractivity (Wildman–Crippen MR) is 67.1 cm³/mol. The van der Waals surface area contributed by atoms with Gasteiger partial charge in [-0.05, 0) is 31.6 Å². The number of carbonyl (C=O) groups excluding carboxylic acids is 1. The van der Waals surface area contributed by atoms with E-state index < -0.39 is 12.0 Å². The Balaban J connectivity index is 2.04. The van der Waals surface area contributed by atoms with Crippen molar-refractivity contribution in [1.29, 1.82) is 0 Å². The molecule has 0 aromatic carbocycles. The summed E-state index contributed by atoms with van der Waals surface area (Å²) in [5, 5.41) is 9.37. The molecule has 1 saturated heterocycles. The molecular formula is C13H22N2O3. The lowest BCUT2D eigenvalue weighted by Crippen LogP contribution is -2.45. The average Bonchev–Trinajstić information content (AvgIpc) is 2.86. The van der Waals surface area contributed by atoms with Crippen LogP contribution in [-0.2, 0) is 9.59 Å². The second-order valence-electron chi connectivity index (χ2n) is 5.48. The molecule has 3 unspecified atom stereocenters. The molecule has 5 heteroatoms. The number of carboxylic acids is 1. The first kappa shape index (κ1) is 13.3. The van der Waals surface area contributed by atoms with Crippen molar-refractivity contribution in [3.63, 3.8) is 0 Å². The highest BCUT2D eigenvalue weighted by Gasteiger charge is 2.48. The van der Waals surface area contributed by atoms with Gasteiger partial charge in [0.15, 0.2) is 0 Å². The van der Waals surface area contributed by atoms with Crippen LogP contribution >= 0.6 is 0 Å². The quantitative estimate of drug-likeness (QED) is 0.800. The Kier molecular flexibility index (Phi) is 3.90. The predicted octanol–water partition coefficient (Wildman–Crippen LogP) is 0.650. The smallest absolute Gasteiger partial charge is 0.321 e. The van der Waals surface area contributed by atoms with E-state index in [2.05, 4.69) is 0 Å². The molecule has 0 radical (unpaired) electrons. The summed E-state index contributed by atoms with van der Waals surface area (Å²) in [4.78, 5) is 26.8. The standard InChI is InChI=1S/C13H22N2O3/c1-3-14(2)11(16)8-15-7-9-5-4-6-10(9)12(15)13(17)18/h9-10,12H,3-8H2,1-2H3,(H,17,18). The van der Waals surface area contributed by atoms with Crippen LogP contribution in [0, 0.1) is 11.8 Å². The number of likely N-dealkylation sites (tertiary alicyclic amines) is 1. The molecule has 2 rings (SSSR count). The molecular weight excluding hydrogens is 232 g/mol. The lowest BCUT2D eigenvalue weighted by atomic mass is 9.94. The highest BCUT2D eigenvalue weighted by Crippen LogP contribution is 2.42. The zero-order valence-electron chi connectivity index (χ0n) is 11.1. The minimum atomic E-state index is -0.767. The van der Waals surface area contributed by atoms with Gasteiger partial charge < -0.3 is 10.0 Å². The number of hydrogen-bond acceptors (Lipinski definition) is 3. The molecule has 2 aliphatic rings. The van der Waals surface area contributed by atoms with Gasteiger partial charge in [0.25, 0.3) is 0 Å². The fourth-order valence-corrected chi connectivity index (χ4v) is 3.37. The lowest BCUT2D eigenvalue weighted by molar-refractivity contribution is -0.144. The molecule has 3 atom stereocenters. The molecule has 1 heterocycles. The Morgan fingerprint density at radius 2 is 2.11 bits per heavy atom. The Hall–Kier alpha value is -1.10. The largest absolute Gasteiger partial charge is 0.480 e. The molecule has 18 heavy (non-hydrogen) atoms. The van der Waals surface area contributed by atoms with E-state index in [1.54, 1.807) is 11.9 Å². The molecule has 1 saturated carbocycles. The van der Waals surface area contributed by atoms with Gasteiger partial charge in [0, 0.05) is 20.1 Å². The molecule has 2 fully saturated rings. The molecule has 0 spiro atoms. The average molecular weight is 254 g/mol. The van der Waals surface area contributed by atoms with Crippen molar-refractivity contribution < 1.29 is 14.7 Å². The van der Waals surface area contributed by atoms with Gasteiger partial charge in [-0.2, -0.15) is 0 Å². The van der Waals surface area contributed by atoms with Crippen molar-refractivity contribution in [3.05, 3.63) is 0 Å². The van der Waals surface area contributed by atoms with E-state index in [0.717, 1.165) is 25.8 Å². The van der Waals surface area contributed by atoms with Crippen molar-refractivity contribution in [1.82, 2.24) is 9.80 Å². The monoisotopic (exact) mass is 254 g/mol. The second kappa shape index (κ2) is 5.26. The Labute approximate surface area is 108 Å². The molecule has 1 aliphatic heterocycles. The van der Waals surface area contributed by atoms with E-state index in [9.17, 15) is 14.7 Å². The van der Waals surface area contributed by atoms with E-state index in [-0.39, 0.29) is 18.4 Å². The lowest BCUT2D eigenvalue weighted by Gasteiger charge is -2.25. The van der Waals surface area contributed by atoms with Crippen LogP contribution in [-0.4, -0.2) is 59.5 Å². The summed E-state index contributed by atoms with van der Waals surface area (Å²) in [5.74, 6) is -0.0202. The van der Waals surface area contributed by atoms with E-state index in [4.69, 9.17) is 0 Å². The minimum Gasteiger partial charge on any atom is -0.480 e. The summed E-state index contributed by atoms with van der Waals surface area (Å²) >= 11 is 0. The second-order valence-corrected chi connectivity index (χ2v) is 5.48. The number of carboxylic acid groups (broad SMARTS) is 1. The normalized spacial score (nSPS) is 31.3. The van der Waals surface area contributed by atoms with Gasteiger partial charge in [0.2, 0.25) is 5.91 Å². The van der Waals surface area contributed by atoms with Gasteiger partial charge in [-0.3, -0.25) is 14.5 Å². The maximum Gasteiger partial charge on any atom is 0.321 e.